The Labute approximate surface area is 117 Å². The molecule has 1 rings (SSSR count). The number of rotatable bonds is 5. The van der Waals surface area contributed by atoms with Gasteiger partial charge in [-0.2, -0.15) is 4.31 Å². The molecule has 0 radical (unpaired) electrons. The van der Waals surface area contributed by atoms with Crippen molar-refractivity contribution in [2.75, 3.05) is 32.9 Å². The van der Waals surface area contributed by atoms with Crippen LogP contribution >= 0.6 is 0 Å². The van der Waals surface area contributed by atoms with Crippen LogP contribution in [0.2, 0.25) is 0 Å². The maximum atomic E-state index is 12.4. The molecule has 1 heterocycles. The fraction of sp³-hybridized carbons (Fsp3) is 1.00. The Morgan fingerprint density at radius 2 is 1.89 bits per heavy atom. The van der Waals surface area contributed by atoms with E-state index < -0.39 is 16.1 Å². The van der Waals surface area contributed by atoms with Crippen LogP contribution in [0.5, 0.6) is 0 Å². The third-order valence-electron chi connectivity index (χ3n) is 3.39. The van der Waals surface area contributed by atoms with E-state index in [1.165, 1.54) is 4.31 Å². The van der Waals surface area contributed by atoms with E-state index >= 15 is 0 Å². The third-order valence-corrected chi connectivity index (χ3v) is 5.27. The predicted molar refractivity (Wildman–Crippen MR) is 77.5 cm³/mol. The Morgan fingerprint density at radius 3 is 2.37 bits per heavy atom. The maximum absolute atomic E-state index is 12.4. The summed E-state index contributed by atoms with van der Waals surface area (Å²) in [4.78, 5) is 1.97. The van der Waals surface area contributed by atoms with Gasteiger partial charge in [0.2, 0.25) is 10.0 Å². The van der Waals surface area contributed by atoms with Crippen LogP contribution in [-0.4, -0.2) is 67.8 Å². The maximum Gasteiger partial charge on any atom is 0.214 e. The van der Waals surface area contributed by atoms with Crippen LogP contribution in [0.4, 0.5) is 0 Å². The Balaban J connectivity index is 2.74. The summed E-state index contributed by atoms with van der Waals surface area (Å²) in [5, 5.41) is 9.75. The van der Waals surface area contributed by atoms with Gasteiger partial charge in [-0.15, -0.1) is 0 Å². The zero-order valence-corrected chi connectivity index (χ0v) is 13.6. The minimum Gasteiger partial charge on any atom is -0.392 e. The molecule has 0 aromatic carbocycles. The second-order valence-corrected chi connectivity index (χ2v) is 9.04. The summed E-state index contributed by atoms with van der Waals surface area (Å²) in [5.74, 6) is 0.160. The van der Waals surface area contributed by atoms with Gasteiger partial charge in [0.1, 0.15) is 0 Å². The normalized spacial score (nSPS) is 26.3. The molecule has 2 unspecified atom stereocenters. The molecule has 0 aromatic heterocycles. The van der Waals surface area contributed by atoms with E-state index in [-0.39, 0.29) is 23.8 Å². The van der Waals surface area contributed by atoms with E-state index in [1.807, 2.05) is 39.8 Å². The zero-order chi connectivity index (χ0) is 14.8. The van der Waals surface area contributed by atoms with E-state index in [2.05, 4.69) is 0 Å². The van der Waals surface area contributed by atoms with Crippen molar-refractivity contribution >= 4 is 10.0 Å². The smallest absolute Gasteiger partial charge is 0.214 e. The third kappa shape index (κ3) is 5.38. The van der Waals surface area contributed by atoms with Crippen molar-refractivity contribution in [1.29, 1.82) is 0 Å². The highest BCUT2D eigenvalue weighted by molar-refractivity contribution is 7.89. The van der Waals surface area contributed by atoms with E-state index in [0.717, 1.165) is 0 Å². The average Bonchev–Trinajstić information content (AvgIpc) is 2.55. The summed E-state index contributed by atoms with van der Waals surface area (Å²) in [7, 11) is 0.568. The van der Waals surface area contributed by atoms with Crippen molar-refractivity contribution in [2.45, 2.75) is 45.8 Å². The highest BCUT2D eigenvalue weighted by Gasteiger charge is 2.38. The van der Waals surface area contributed by atoms with Crippen LogP contribution in [0.25, 0.3) is 0 Å². The largest absolute Gasteiger partial charge is 0.392 e. The molecule has 5 nitrogen and oxygen atoms in total. The second-order valence-electron chi connectivity index (χ2n) is 7.00. The molecule has 19 heavy (non-hydrogen) atoms. The van der Waals surface area contributed by atoms with Crippen molar-refractivity contribution in [3.63, 3.8) is 0 Å². The highest BCUT2D eigenvalue weighted by Crippen LogP contribution is 2.26. The molecule has 0 aliphatic carbocycles. The van der Waals surface area contributed by atoms with Crippen LogP contribution in [0.15, 0.2) is 0 Å². The lowest BCUT2D eigenvalue weighted by Gasteiger charge is -2.27. The highest BCUT2D eigenvalue weighted by atomic mass is 32.2. The number of nitrogens with zero attached hydrogens (tertiary/aromatic N) is 2. The van der Waals surface area contributed by atoms with E-state index in [1.54, 1.807) is 0 Å². The van der Waals surface area contributed by atoms with Gasteiger partial charge in [-0.25, -0.2) is 8.42 Å². The standard InChI is InChI=1S/C13H28N2O3S/c1-13(2,3)6-7-19(17,18)15-10-12(16)8-11(15)9-14(4)5/h11-12,16H,6-10H2,1-5H3. The van der Waals surface area contributed by atoms with Crippen LogP contribution in [-0.2, 0) is 10.0 Å². The van der Waals surface area contributed by atoms with Crippen molar-refractivity contribution in [1.82, 2.24) is 9.21 Å². The predicted octanol–water partition coefficient (Wildman–Crippen LogP) is 0.749. The topological polar surface area (TPSA) is 60.9 Å². The van der Waals surface area contributed by atoms with Gasteiger partial charge in [-0.3, -0.25) is 0 Å². The number of hydrogen-bond donors (Lipinski definition) is 1. The molecule has 2 atom stereocenters. The minimum atomic E-state index is -3.27. The van der Waals surface area contributed by atoms with Gasteiger partial charge < -0.3 is 10.0 Å². The van der Waals surface area contributed by atoms with Crippen LogP contribution in [0.1, 0.15) is 33.6 Å². The van der Waals surface area contributed by atoms with E-state index in [0.29, 0.717) is 19.4 Å². The summed E-state index contributed by atoms with van der Waals surface area (Å²) in [6, 6.07) is -0.102. The molecule has 0 spiro atoms. The number of likely N-dealkylation sites (N-methyl/N-ethyl adjacent to an activating group) is 1. The number of sulfonamides is 1. The first-order valence-corrected chi connectivity index (χ1v) is 8.44. The molecule has 1 aliphatic heterocycles. The first kappa shape index (κ1) is 16.9. The first-order valence-electron chi connectivity index (χ1n) is 6.83. The quantitative estimate of drug-likeness (QED) is 0.812. The second kappa shape index (κ2) is 6.08. The number of β-amino-alcohol motifs (C(OH)–C–C–N with tert-alkyl or cyclic N) is 1. The van der Waals surface area contributed by atoms with Gasteiger partial charge in [0.25, 0.3) is 0 Å². The van der Waals surface area contributed by atoms with Crippen molar-refractivity contribution in [2.24, 2.45) is 5.41 Å². The number of aliphatic hydroxyl groups excluding tert-OH is 1. The minimum absolute atomic E-state index is 0.00244. The number of aliphatic hydroxyl groups is 1. The lowest BCUT2D eigenvalue weighted by Crippen LogP contribution is -2.42. The molecule has 1 aliphatic rings. The molecule has 0 bridgehead atoms. The molecular formula is C13H28N2O3S. The molecule has 1 fully saturated rings. The number of hydrogen-bond acceptors (Lipinski definition) is 4. The van der Waals surface area contributed by atoms with Crippen molar-refractivity contribution in [3.8, 4) is 0 Å². The van der Waals surface area contributed by atoms with Gasteiger partial charge in [0.15, 0.2) is 0 Å². The van der Waals surface area contributed by atoms with Crippen LogP contribution in [0.3, 0.4) is 0 Å². The lowest BCUT2D eigenvalue weighted by atomic mass is 9.94. The van der Waals surface area contributed by atoms with Crippen molar-refractivity contribution < 1.29 is 13.5 Å². The lowest BCUT2D eigenvalue weighted by molar-refractivity contribution is 0.188. The van der Waals surface area contributed by atoms with Gasteiger partial charge >= 0.3 is 0 Å². The Kier molecular flexibility index (Phi) is 5.40. The van der Waals surface area contributed by atoms with Gasteiger partial charge in [0.05, 0.1) is 11.9 Å². The SMILES string of the molecule is CN(C)CC1CC(O)CN1S(=O)(=O)CCC(C)(C)C. The molecule has 0 saturated carbocycles. The van der Waals surface area contributed by atoms with Gasteiger partial charge in [-0.05, 0) is 32.4 Å². The fourth-order valence-corrected chi connectivity index (χ4v) is 4.45. The van der Waals surface area contributed by atoms with Crippen LogP contribution in [0, 0.1) is 5.41 Å². The molecule has 1 N–H and O–H groups in total. The summed E-state index contributed by atoms with van der Waals surface area (Å²) < 4.78 is 26.3. The molecule has 0 amide bonds. The van der Waals surface area contributed by atoms with Crippen molar-refractivity contribution in [3.05, 3.63) is 0 Å². The van der Waals surface area contributed by atoms with E-state index in [9.17, 15) is 13.5 Å². The monoisotopic (exact) mass is 292 g/mol. The van der Waals surface area contributed by atoms with Crippen LogP contribution < -0.4 is 0 Å². The molecule has 0 aromatic rings. The summed E-state index contributed by atoms with van der Waals surface area (Å²) in [6.07, 6.45) is 0.637. The summed E-state index contributed by atoms with van der Waals surface area (Å²) >= 11 is 0. The van der Waals surface area contributed by atoms with Gasteiger partial charge in [-0.1, -0.05) is 20.8 Å². The zero-order valence-electron chi connectivity index (χ0n) is 12.8. The fourth-order valence-electron chi connectivity index (χ4n) is 2.34. The first-order chi connectivity index (χ1) is 8.51. The molecule has 1 saturated heterocycles. The molecular weight excluding hydrogens is 264 g/mol. The Morgan fingerprint density at radius 1 is 1.32 bits per heavy atom. The Hall–Kier alpha value is -0.170. The summed E-state index contributed by atoms with van der Waals surface area (Å²) in [5.41, 5.74) is 0.00244. The van der Waals surface area contributed by atoms with Gasteiger partial charge in [0, 0.05) is 19.1 Å². The average molecular weight is 292 g/mol. The summed E-state index contributed by atoms with van der Waals surface area (Å²) in [6.45, 7) is 7.02. The molecule has 6 heteroatoms. The Bertz CT molecular complexity index is 387. The molecule has 114 valence electrons. The van der Waals surface area contributed by atoms with E-state index in [4.69, 9.17) is 0 Å².